The van der Waals surface area contributed by atoms with Crippen molar-refractivity contribution in [1.29, 1.82) is 0 Å². The normalized spacial score (nSPS) is 24.8. The minimum Gasteiger partial charge on any atom is -0.481 e. The molecule has 0 amide bonds. The molecule has 1 unspecified atom stereocenters. The largest absolute Gasteiger partial charge is 0.481 e. The smallest absolute Gasteiger partial charge is 0.308 e. The first kappa shape index (κ1) is 11.7. The van der Waals surface area contributed by atoms with Crippen LogP contribution in [0.15, 0.2) is 0 Å². The molecular formula is C13H19N3O2. The van der Waals surface area contributed by atoms with E-state index in [1.807, 2.05) is 4.68 Å². The Morgan fingerprint density at radius 1 is 1.22 bits per heavy atom. The lowest BCUT2D eigenvalue weighted by atomic mass is 9.89. The van der Waals surface area contributed by atoms with Crippen LogP contribution in [0.1, 0.15) is 56.1 Å². The van der Waals surface area contributed by atoms with E-state index in [4.69, 9.17) is 5.11 Å². The maximum atomic E-state index is 11.0. The number of fused-ring (bicyclic) bond motifs is 1. The van der Waals surface area contributed by atoms with Crippen LogP contribution in [0.4, 0.5) is 0 Å². The highest BCUT2D eigenvalue weighted by Crippen LogP contribution is 2.31. The zero-order valence-corrected chi connectivity index (χ0v) is 10.5. The number of rotatable bonds is 2. The third-order valence-corrected chi connectivity index (χ3v) is 4.19. The van der Waals surface area contributed by atoms with Gasteiger partial charge in [0.1, 0.15) is 5.82 Å². The Hall–Kier alpha value is -1.39. The topological polar surface area (TPSA) is 68.0 Å². The third-order valence-electron chi connectivity index (χ3n) is 4.19. The average molecular weight is 249 g/mol. The first-order valence-electron chi connectivity index (χ1n) is 6.90. The highest BCUT2D eigenvalue weighted by Gasteiger charge is 2.28. The Balaban J connectivity index is 1.78. The molecule has 98 valence electrons. The van der Waals surface area contributed by atoms with Crippen molar-refractivity contribution in [2.24, 2.45) is 5.92 Å². The SMILES string of the molecule is O=C(O)C1CCc2nc(C3CCCCC3)nn2C1. The lowest BCUT2D eigenvalue weighted by Gasteiger charge is -2.18. The monoisotopic (exact) mass is 249 g/mol. The van der Waals surface area contributed by atoms with Crippen LogP contribution >= 0.6 is 0 Å². The van der Waals surface area contributed by atoms with E-state index in [-0.39, 0.29) is 5.92 Å². The molecule has 1 saturated carbocycles. The van der Waals surface area contributed by atoms with Crippen LogP contribution in [0.2, 0.25) is 0 Å². The highest BCUT2D eigenvalue weighted by molar-refractivity contribution is 5.70. The number of hydrogen-bond acceptors (Lipinski definition) is 3. The number of carboxylic acid groups (broad SMARTS) is 1. The first-order valence-corrected chi connectivity index (χ1v) is 6.90. The number of carbonyl (C=O) groups is 1. The van der Waals surface area contributed by atoms with Crippen molar-refractivity contribution in [1.82, 2.24) is 14.8 Å². The van der Waals surface area contributed by atoms with Gasteiger partial charge in [-0.15, -0.1) is 0 Å². The molecule has 1 aliphatic heterocycles. The lowest BCUT2D eigenvalue weighted by Crippen LogP contribution is -2.27. The Kier molecular flexibility index (Phi) is 3.06. The van der Waals surface area contributed by atoms with Gasteiger partial charge in [-0.05, 0) is 19.3 Å². The van der Waals surface area contributed by atoms with Crippen molar-refractivity contribution < 1.29 is 9.90 Å². The second-order valence-corrected chi connectivity index (χ2v) is 5.48. The molecule has 2 aliphatic rings. The van der Waals surface area contributed by atoms with Crippen LogP contribution in [-0.4, -0.2) is 25.8 Å². The van der Waals surface area contributed by atoms with Crippen LogP contribution < -0.4 is 0 Å². The van der Waals surface area contributed by atoms with Gasteiger partial charge in [-0.2, -0.15) is 5.10 Å². The van der Waals surface area contributed by atoms with Crippen LogP contribution in [0.3, 0.4) is 0 Å². The molecule has 5 nitrogen and oxygen atoms in total. The molecule has 0 bridgehead atoms. The van der Waals surface area contributed by atoms with E-state index in [1.54, 1.807) is 0 Å². The van der Waals surface area contributed by atoms with Gasteiger partial charge in [0.25, 0.3) is 0 Å². The zero-order valence-electron chi connectivity index (χ0n) is 10.5. The van der Waals surface area contributed by atoms with Gasteiger partial charge >= 0.3 is 5.97 Å². The van der Waals surface area contributed by atoms with Gasteiger partial charge in [0, 0.05) is 12.3 Å². The summed E-state index contributed by atoms with van der Waals surface area (Å²) in [6.45, 7) is 0.490. The van der Waals surface area contributed by atoms with Crippen molar-refractivity contribution in [2.75, 3.05) is 0 Å². The van der Waals surface area contributed by atoms with Crippen LogP contribution in [0, 0.1) is 5.92 Å². The highest BCUT2D eigenvalue weighted by atomic mass is 16.4. The van der Waals surface area contributed by atoms with Crippen LogP contribution in [0.5, 0.6) is 0 Å². The lowest BCUT2D eigenvalue weighted by molar-refractivity contribution is -0.142. The summed E-state index contributed by atoms with van der Waals surface area (Å²) in [4.78, 5) is 15.6. The summed E-state index contributed by atoms with van der Waals surface area (Å²) >= 11 is 0. The van der Waals surface area contributed by atoms with Crippen molar-refractivity contribution in [3.8, 4) is 0 Å². The van der Waals surface area contributed by atoms with E-state index in [9.17, 15) is 4.79 Å². The Morgan fingerprint density at radius 2 is 2.00 bits per heavy atom. The summed E-state index contributed by atoms with van der Waals surface area (Å²) in [5, 5.41) is 13.6. The second-order valence-electron chi connectivity index (χ2n) is 5.48. The molecule has 1 atom stereocenters. The molecule has 1 aromatic heterocycles. The van der Waals surface area contributed by atoms with Gasteiger partial charge in [-0.25, -0.2) is 9.67 Å². The molecule has 1 aromatic rings. The van der Waals surface area contributed by atoms with Gasteiger partial charge in [0.05, 0.1) is 12.5 Å². The summed E-state index contributed by atoms with van der Waals surface area (Å²) in [6.07, 6.45) is 7.68. The Bertz CT molecular complexity index is 449. The molecule has 1 aliphatic carbocycles. The van der Waals surface area contributed by atoms with Gasteiger partial charge in [0.2, 0.25) is 0 Å². The van der Waals surface area contributed by atoms with E-state index in [0.717, 1.165) is 18.1 Å². The molecular weight excluding hydrogens is 230 g/mol. The standard InChI is InChI=1S/C13H19N3O2/c17-13(18)10-6-7-11-14-12(15-16(11)8-10)9-4-2-1-3-5-9/h9-10H,1-8H2,(H,17,18). The quantitative estimate of drug-likeness (QED) is 0.870. The minimum absolute atomic E-state index is 0.293. The minimum atomic E-state index is -0.713. The number of aryl methyl sites for hydroxylation is 1. The number of hydrogen-bond donors (Lipinski definition) is 1. The van der Waals surface area contributed by atoms with Crippen molar-refractivity contribution in [2.45, 2.75) is 57.4 Å². The molecule has 0 spiro atoms. The third kappa shape index (κ3) is 2.13. The van der Waals surface area contributed by atoms with Crippen molar-refractivity contribution in [3.05, 3.63) is 11.6 Å². The second kappa shape index (κ2) is 4.71. The maximum Gasteiger partial charge on any atom is 0.308 e. The number of aromatic nitrogens is 3. The summed E-state index contributed by atoms with van der Waals surface area (Å²) in [5.41, 5.74) is 0. The zero-order chi connectivity index (χ0) is 12.5. The average Bonchev–Trinajstić information content (AvgIpc) is 2.82. The van der Waals surface area contributed by atoms with Crippen LogP contribution in [-0.2, 0) is 17.8 Å². The molecule has 0 aromatic carbocycles. The Morgan fingerprint density at radius 3 is 2.72 bits per heavy atom. The maximum absolute atomic E-state index is 11.0. The summed E-state index contributed by atoms with van der Waals surface area (Å²) in [6, 6.07) is 0. The number of nitrogens with zero attached hydrogens (tertiary/aromatic N) is 3. The van der Waals surface area contributed by atoms with Gasteiger partial charge in [-0.1, -0.05) is 19.3 Å². The first-order chi connectivity index (χ1) is 8.74. The molecule has 18 heavy (non-hydrogen) atoms. The molecule has 5 heteroatoms. The fourth-order valence-corrected chi connectivity index (χ4v) is 3.06. The number of aliphatic carboxylic acids is 1. The van der Waals surface area contributed by atoms with E-state index >= 15 is 0 Å². The summed E-state index contributed by atoms with van der Waals surface area (Å²) in [7, 11) is 0. The summed E-state index contributed by atoms with van der Waals surface area (Å²) in [5.74, 6) is 1.43. The molecule has 0 saturated heterocycles. The van der Waals surface area contributed by atoms with Gasteiger partial charge in [-0.3, -0.25) is 4.79 Å². The van der Waals surface area contributed by atoms with E-state index in [1.165, 1.54) is 32.1 Å². The number of carboxylic acids is 1. The fraction of sp³-hybridized carbons (Fsp3) is 0.769. The van der Waals surface area contributed by atoms with Crippen molar-refractivity contribution >= 4 is 5.97 Å². The van der Waals surface area contributed by atoms with E-state index in [2.05, 4.69) is 10.1 Å². The molecule has 0 radical (unpaired) electrons. The predicted molar refractivity (Wildman–Crippen MR) is 65.3 cm³/mol. The molecule has 1 fully saturated rings. The molecule has 2 heterocycles. The fourth-order valence-electron chi connectivity index (χ4n) is 3.06. The van der Waals surface area contributed by atoms with E-state index < -0.39 is 5.97 Å². The summed E-state index contributed by atoms with van der Waals surface area (Å²) < 4.78 is 1.83. The van der Waals surface area contributed by atoms with E-state index in [0.29, 0.717) is 18.9 Å². The van der Waals surface area contributed by atoms with Gasteiger partial charge in [0.15, 0.2) is 5.82 Å². The van der Waals surface area contributed by atoms with Crippen LogP contribution in [0.25, 0.3) is 0 Å². The molecule has 3 rings (SSSR count). The predicted octanol–water partition coefficient (Wildman–Crippen LogP) is 1.97. The van der Waals surface area contributed by atoms with Crippen molar-refractivity contribution in [3.63, 3.8) is 0 Å². The molecule has 1 N–H and O–H groups in total. The van der Waals surface area contributed by atoms with Gasteiger partial charge < -0.3 is 5.11 Å². The Labute approximate surface area is 106 Å².